The molecule has 0 bridgehead atoms. The Kier molecular flexibility index (Phi) is 74.4. The van der Waals surface area contributed by atoms with Gasteiger partial charge in [-0.05, 0) is 31.6 Å². The van der Waals surface area contributed by atoms with E-state index in [0.29, 0.717) is 25.7 Å². The van der Waals surface area contributed by atoms with Crippen LogP contribution in [-0.4, -0.2) is 96.7 Å². The van der Waals surface area contributed by atoms with Crippen LogP contribution in [0.5, 0.6) is 0 Å². The summed E-state index contributed by atoms with van der Waals surface area (Å²) in [6.07, 6.45) is 67.8. The standard InChI is InChI=1S/C83H162O17P2/c1-6-9-12-15-18-21-24-26-28-30-34-37-42-47-52-57-62-67-81(86)94-73-79(100-83(88)69-64-59-54-49-44-39-35-31-32-36-41-45-50-55-60-65-76(4)5)75-98-102(91,92)96-71-77(84)70-95-101(89,90)97-74-78(72-93-80(85)66-61-56-51-46-40-23-20-17-14-11-8-3)99-82(87)68-63-58-53-48-43-38-33-29-27-25-22-19-16-13-10-7-2/h76-79,84H,6-75H2,1-5H3,(H,89,90)(H,91,92)/t77-,78+,79+/m0/s1. The molecule has 5 atom stereocenters. The number of hydrogen-bond donors (Lipinski definition) is 3. The van der Waals surface area contributed by atoms with Gasteiger partial charge in [-0.25, -0.2) is 9.13 Å². The van der Waals surface area contributed by atoms with E-state index < -0.39 is 97.5 Å². The molecule has 0 radical (unpaired) electrons. The van der Waals surface area contributed by atoms with Gasteiger partial charge in [-0.1, -0.05) is 394 Å². The fraction of sp³-hybridized carbons (Fsp3) is 0.952. The van der Waals surface area contributed by atoms with Gasteiger partial charge >= 0.3 is 39.5 Å². The summed E-state index contributed by atoms with van der Waals surface area (Å²) in [6.45, 7) is 7.38. The Hall–Kier alpha value is -1.94. The summed E-state index contributed by atoms with van der Waals surface area (Å²) in [5, 5.41) is 10.7. The molecule has 0 aliphatic rings. The minimum atomic E-state index is -4.96. The van der Waals surface area contributed by atoms with Gasteiger partial charge in [0, 0.05) is 25.7 Å². The second-order valence-corrected chi connectivity index (χ2v) is 33.3. The van der Waals surface area contributed by atoms with Crippen molar-refractivity contribution in [1.29, 1.82) is 0 Å². The molecule has 2 unspecified atom stereocenters. The number of aliphatic hydroxyl groups is 1. The molecule has 0 saturated carbocycles. The minimum absolute atomic E-state index is 0.109. The largest absolute Gasteiger partial charge is 0.472 e. The van der Waals surface area contributed by atoms with Crippen molar-refractivity contribution in [2.45, 2.75) is 464 Å². The van der Waals surface area contributed by atoms with Crippen LogP contribution in [0.3, 0.4) is 0 Å². The van der Waals surface area contributed by atoms with Crippen LogP contribution in [0, 0.1) is 5.92 Å². The van der Waals surface area contributed by atoms with Crippen molar-refractivity contribution in [2.24, 2.45) is 5.92 Å². The lowest BCUT2D eigenvalue weighted by Crippen LogP contribution is -2.30. The Morgan fingerprint density at radius 3 is 0.667 bits per heavy atom. The van der Waals surface area contributed by atoms with E-state index in [0.717, 1.165) is 95.8 Å². The monoisotopic (exact) mass is 1490 g/mol. The lowest BCUT2D eigenvalue weighted by molar-refractivity contribution is -0.161. The number of ether oxygens (including phenoxy) is 4. The summed E-state index contributed by atoms with van der Waals surface area (Å²) >= 11 is 0. The Bertz CT molecular complexity index is 1940. The van der Waals surface area contributed by atoms with Crippen LogP contribution >= 0.6 is 15.6 Å². The molecule has 0 aromatic carbocycles. The van der Waals surface area contributed by atoms with Gasteiger partial charge in [0.2, 0.25) is 0 Å². The highest BCUT2D eigenvalue weighted by molar-refractivity contribution is 7.47. The number of phosphoric acid groups is 2. The van der Waals surface area contributed by atoms with E-state index in [2.05, 4.69) is 34.6 Å². The first-order valence-corrected chi connectivity index (χ1v) is 46.1. The molecule has 606 valence electrons. The summed E-state index contributed by atoms with van der Waals surface area (Å²) in [4.78, 5) is 73.1. The molecule has 0 rings (SSSR count). The third kappa shape index (κ3) is 76.3. The zero-order valence-corrected chi connectivity index (χ0v) is 68.5. The van der Waals surface area contributed by atoms with Crippen molar-refractivity contribution < 1.29 is 80.2 Å². The van der Waals surface area contributed by atoms with Crippen molar-refractivity contribution in [3.8, 4) is 0 Å². The van der Waals surface area contributed by atoms with Crippen molar-refractivity contribution in [2.75, 3.05) is 39.6 Å². The quantitative estimate of drug-likeness (QED) is 0.0222. The van der Waals surface area contributed by atoms with Crippen molar-refractivity contribution in [3.05, 3.63) is 0 Å². The molecule has 0 aromatic heterocycles. The molecule has 0 amide bonds. The van der Waals surface area contributed by atoms with Crippen molar-refractivity contribution >= 4 is 39.5 Å². The number of hydrogen-bond acceptors (Lipinski definition) is 15. The molecular weight excluding hydrogens is 1330 g/mol. The average Bonchev–Trinajstić information content (AvgIpc) is 0.948. The molecule has 0 fully saturated rings. The van der Waals surface area contributed by atoms with E-state index in [4.69, 9.17) is 37.0 Å². The van der Waals surface area contributed by atoms with E-state index in [-0.39, 0.29) is 25.7 Å². The molecule has 0 spiro atoms. The number of carbonyl (C=O) groups is 4. The molecule has 0 saturated heterocycles. The Morgan fingerprint density at radius 2 is 0.451 bits per heavy atom. The normalized spacial score (nSPS) is 13.8. The second-order valence-electron chi connectivity index (χ2n) is 30.3. The lowest BCUT2D eigenvalue weighted by Gasteiger charge is -2.21. The summed E-state index contributed by atoms with van der Waals surface area (Å²) in [7, 11) is -9.92. The topological polar surface area (TPSA) is 237 Å². The molecule has 0 heterocycles. The van der Waals surface area contributed by atoms with E-state index in [1.165, 1.54) is 270 Å². The van der Waals surface area contributed by atoms with Crippen LogP contribution in [0.4, 0.5) is 0 Å². The summed E-state index contributed by atoms with van der Waals surface area (Å²) < 4.78 is 68.8. The Morgan fingerprint density at radius 1 is 0.265 bits per heavy atom. The van der Waals surface area contributed by atoms with Gasteiger partial charge in [0.05, 0.1) is 26.4 Å². The number of unbranched alkanes of at least 4 members (excludes halogenated alkanes) is 55. The maximum atomic E-state index is 13.1. The van der Waals surface area contributed by atoms with E-state index in [1.54, 1.807) is 0 Å². The molecule has 0 aliphatic carbocycles. The number of carbonyl (C=O) groups excluding carboxylic acids is 4. The molecule has 0 aromatic rings. The first-order valence-electron chi connectivity index (χ1n) is 43.1. The zero-order valence-electron chi connectivity index (χ0n) is 66.8. The van der Waals surface area contributed by atoms with Crippen LogP contribution in [0.1, 0.15) is 446 Å². The maximum absolute atomic E-state index is 13.1. The van der Waals surface area contributed by atoms with Gasteiger partial charge in [-0.2, -0.15) is 0 Å². The van der Waals surface area contributed by atoms with Gasteiger partial charge in [0.25, 0.3) is 0 Å². The highest BCUT2D eigenvalue weighted by atomic mass is 31.2. The smallest absolute Gasteiger partial charge is 0.462 e. The van der Waals surface area contributed by atoms with E-state index in [1.807, 2.05) is 0 Å². The fourth-order valence-corrected chi connectivity index (χ4v) is 14.5. The number of esters is 4. The molecule has 102 heavy (non-hydrogen) atoms. The first-order chi connectivity index (χ1) is 49.5. The SMILES string of the molecule is CCCCCCCCCCCCCCCCCCCC(=O)OC[C@H](COP(=O)(O)OC[C@@H](O)COP(=O)(O)OC[C@@H](COC(=O)CCCCCCCCCCCCC)OC(=O)CCCCCCCCCCCCCCCCCC)OC(=O)CCCCCCCCCCCCCCCCCC(C)C. The van der Waals surface area contributed by atoms with Crippen molar-refractivity contribution in [3.63, 3.8) is 0 Å². The van der Waals surface area contributed by atoms with Crippen LogP contribution < -0.4 is 0 Å². The third-order valence-corrected chi connectivity index (χ3v) is 21.4. The fourth-order valence-electron chi connectivity index (χ4n) is 12.9. The highest BCUT2D eigenvalue weighted by Crippen LogP contribution is 2.45. The minimum Gasteiger partial charge on any atom is -0.462 e. The summed E-state index contributed by atoms with van der Waals surface area (Å²) in [5.41, 5.74) is 0. The van der Waals surface area contributed by atoms with Crippen LogP contribution in [-0.2, 0) is 65.4 Å². The number of rotatable bonds is 83. The van der Waals surface area contributed by atoms with Crippen molar-refractivity contribution in [1.82, 2.24) is 0 Å². The van der Waals surface area contributed by atoms with Gasteiger partial charge in [-0.15, -0.1) is 0 Å². The van der Waals surface area contributed by atoms with Crippen LogP contribution in [0.15, 0.2) is 0 Å². The Balaban J connectivity index is 5.25. The van der Waals surface area contributed by atoms with Crippen LogP contribution in [0.2, 0.25) is 0 Å². The molecule has 3 N–H and O–H groups in total. The van der Waals surface area contributed by atoms with Gasteiger partial charge in [-0.3, -0.25) is 37.3 Å². The van der Waals surface area contributed by atoms with Gasteiger partial charge in [0.15, 0.2) is 12.2 Å². The first kappa shape index (κ1) is 100. The highest BCUT2D eigenvalue weighted by Gasteiger charge is 2.30. The maximum Gasteiger partial charge on any atom is 0.472 e. The summed E-state index contributed by atoms with van der Waals surface area (Å²) in [5.74, 6) is -1.30. The van der Waals surface area contributed by atoms with Gasteiger partial charge < -0.3 is 33.8 Å². The van der Waals surface area contributed by atoms with E-state index >= 15 is 0 Å². The molecular formula is C83H162O17P2. The van der Waals surface area contributed by atoms with Gasteiger partial charge in [0.1, 0.15) is 19.3 Å². The van der Waals surface area contributed by atoms with E-state index in [9.17, 15) is 43.2 Å². The third-order valence-electron chi connectivity index (χ3n) is 19.5. The van der Waals surface area contributed by atoms with Crippen LogP contribution in [0.25, 0.3) is 0 Å². The molecule has 0 aliphatic heterocycles. The second kappa shape index (κ2) is 75.9. The zero-order chi connectivity index (χ0) is 74.8. The molecule has 19 heteroatoms. The predicted molar refractivity (Wildman–Crippen MR) is 418 cm³/mol. The number of phosphoric ester groups is 2. The lowest BCUT2D eigenvalue weighted by atomic mass is 10.0. The number of aliphatic hydroxyl groups excluding tert-OH is 1. The Labute approximate surface area is 626 Å². The average molecular weight is 1490 g/mol. The predicted octanol–water partition coefficient (Wildman–Crippen LogP) is 25.2. The molecule has 17 nitrogen and oxygen atoms in total. The summed E-state index contributed by atoms with van der Waals surface area (Å²) in [6, 6.07) is 0.